The van der Waals surface area contributed by atoms with Crippen LogP contribution in [-0.4, -0.2) is 70.7 Å². The van der Waals surface area contributed by atoms with Crippen LogP contribution >= 0.6 is 0 Å². The number of rotatable bonds is 3. The van der Waals surface area contributed by atoms with Gasteiger partial charge in [-0.05, 0) is 6.42 Å². The number of carbonyl (C=O) groups excluding carboxylic acids is 2. The van der Waals surface area contributed by atoms with Crippen LogP contribution in [0.3, 0.4) is 0 Å². The van der Waals surface area contributed by atoms with Crippen LogP contribution in [0.15, 0.2) is 12.7 Å². The molecule has 3 fully saturated rings. The number of aliphatic hydroxyl groups excluding tert-OH is 1. The molecule has 6 nitrogen and oxygen atoms in total. The highest BCUT2D eigenvalue weighted by Gasteiger charge is 2.51. The quantitative estimate of drug-likeness (QED) is 0.709. The zero-order chi connectivity index (χ0) is 14.3. The number of amides is 2. The molecule has 1 N–H and O–H groups in total. The van der Waals surface area contributed by atoms with Gasteiger partial charge in [0.05, 0.1) is 18.8 Å². The average Bonchev–Trinajstić information content (AvgIpc) is 2.84. The third-order valence-electron chi connectivity index (χ3n) is 4.42. The normalized spacial score (nSPS) is 36.9. The van der Waals surface area contributed by atoms with E-state index in [-0.39, 0.29) is 24.5 Å². The third-order valence-corrected chi connectivity index (χ3v) is 4.42. The number of carbonyl (C=O) groups is 2. The largest absolute Gasteiger partial charge is 0.391 e. The molecule has 3 aliphatic heterocycles. The second kappa shape index (κ2) is 5.18. The van der Waals surface area contributed by atoms with Crippen molar-refractivity contribution in [2.45, 2.75) is 43.6 Å². The van der Waals surface area contributed by atoms with Gasteiger partial charge in [0.2, 0.25) is 11.8 Å². The highest BCUT2D eigenvalue weighted by Crippen LogP contribution is 2.32. The van der Waals surface area contributed by atoms with Crippen molar-refractivity contribution >= 4 is 11.8 Å². The lowest BCUT2D eigenvalue weighted by molar-refractivity contribution is -0.164. The first kappa shape index (κ1) is 13.6. The van der Waals surface area contributed by atoms with Crippen LogP contribution in [0.2, 0.25) is 0 Å². The van der Waals surface area contributed by atoms with Gasteiger partial charge >= 0.3 is 0 Å². The summed E-state index contributed by atoms with van der Waals surface area (Å²) in [6.07, 6.45) is 2.75. The highest BCUT2D eigenvalue weighted by molar-refractivity contribution is 5.97. The molecule has 3 rings (SSSR count). The van der Waals surface area contributed by atoms with Gasteiger partial charge in [-0.15, -0.1) is 6.58 Å². The number of nitrogens with zero attached hydrogens (tertiary/aromatic N) is 2. The summed E-state index contributed by atoms with van der Waals surface area (Å²) in [6, 6.07) is -0.882. The van der Waals surface area contributed by atoms with Gasteiger partial charge in [0.15, 0.2) is 0 Å². The number of ether oxygens (including phenoxy) is 1. The molecule has 0 saturated carbocycles. The van der Waals surface area contributed by atoms with Crippen LogP contribution in [0.4, 0.5) is 0 Å². The molecule has 20 heavy (non-hydrogen) atoms. The second-order valence-corrected chi connectivity index (χ2v) is 5.71. The number of piperazine rings is 1. The average molecular weight is 280 g/mol. The summed E-state index contributed by atoms with van der Waals surface area (Å²) in [5.74, 6) is -0.0635. The molecule has 3 heterocycles. The topological polar surface area (TPSA) is 70.1 Å². The molecule has 4 unspecified atom stereocenters. The molecule has 4 atom stereocenters. The maximum Gasteiger partial charge on any atom is 0.246 e. The minimum atomic E-state index is -0.581. The second-order valence-electron chi connectivity index (χ2n) is 5.71. The van der Waals surface area contributed by atoms with E-state index in [1.54, 1.807) is 15.9 Å². The van der Waals surface area contributed by atoms with E-state index >= 15 is 0 Å². The number of hydrogen-bond donors (Lipinski definition) is 1. The zero-order valence-electron chi connectivity index (χ0n) is 11.4. The molecule has 0 spiro atoms. The molecule has 0 radical (unpaired) electrons. The van der Waals surface area contributed by atoms with E-state index in [1.165, 1.54) is 0 Å². The summed E-state index contributed by atoms with van der Waals surface area (Å²) in [5.41, 5.74) is 0. The minimum absolute atomic E-state index is 0.00456. The van der Waals surface area contributed by atoms with E-state index in [0.717, 1.165) is 6.42 Å². The van der Waals surface area contributed by atoms with Gasteiger partial charge in [-0.2, -0.15) is 0 Å². The van der Waals surface area contributed by atoms with Crippen LogP contribution in [0, 0.1) is 0 Å². The molecule has 0 aromatic rings. The Bertz CT molecular complexity index is 439. The first-order valence-corrected chi connectivity index (χ1v) is 7.13. The smallest absolute Gasteiger partial charge is 0.246 e. The van der Waals surface area contributed by atoms with Gasteiger partial charge in [0.25, 0.3) is 0 Å². The van der Waals surface area contributed by atoms with Crippen LogP contribution in [0.5, 0.6) is 0 Å². The van der Waals surface area contributed by atoms with E-state index in [0.29, 0.717) is 26.0 Å². The SMILES string of the molecule is C=CCOC1CCN2C(=O)C3CC(O)CN3C(=O)C2C1. The summed E-state index contributed by atoms with van der Waals surface area (Å²) in [6.45, 7) is 4.90. The van der Waals surface area contributed by atoms with Gasteiger partial charge in [-0.25, -0.2) is 0 Å². The Morgan fingerprint density at radius 1 is 1.25 bits per heavy atom. The first-order chi connectivity index (χ1) is 9.61. The Balaban J connectivity index is 1.75. The summed E-state index contributed by atoms with van der Waals surface area (Å²) in [7, 11) is 0. The van der Waals surface area contributed by atoms with Gasteiger partial charge in [-0.1, -0.05) is 6.08 Å². The summed E-state index contributed by atoms with van der Waals surface area (Å²) >= 11 is 0. The van der Waals surface area contributed by atoms with Gasteiger partial charge in [0, 0.05) is 25.9 Å². The molecule has 0 aliphatic carbocycles. The summed E-state index contributed by atoms with van der Waals surface area (Å²) in [4.78, 5) is 28.1. The molecule has 3 aliphatic rings. The molecular formula is C14H20N2O4. The van der Waals surface area contributed by atoms with E-state index in [4.69, 9.17) is 4.74 Å². The van der Waals surface area contributed by atoms with Crippen LogP contribution < -0.4 is 0 Å². The number of aliphatic hydroxyl groups is 1. The monoisotopic (exact) mass is 280 g/mol. The van der Waals surface area contributed by atoms with E-state index < -0.39 is 18.2 Å². The van der Waals surface area contributed by atoms with E-state index in [2.05, 4.69) is 6.58 Å². The lowest BCUT2D eigenvalue weighted by atomic mass is 9.94. The minimum Gasteiger partial charge on any atom is -0.391 e. The van der Waals surface area contributed by atoms with E-state index in [9.17, 15) is 14.7 Å². The molecular weight excluding hydrogens is 260 g/mol. The fourth-order valence-electron chi connectivity index (χ4n) is 3.46. The molecule has 6 heteroatoms. The maximum absolute atomic E-state index is 12.5. The molecule has 2 amide bonds. The molecule has 110 valence electrons. The van der Waals surface area contributed by atoms with Crippen molar-refractivity contribution in [1.82, 2.24) is 9.80 Å². The van der Waals surface area contributed by atoms with Crippen molar-refractivity contribution in [3.8, 4) is 0 Å². The van der Waals surface area contributed by atoms with Crippen molar-refractivity contribution in [2.24, 2.45) is 0 Å². The molecule has 0 aromatic heterocycles. The maximum atomic E-state index is 12.5. The van der Waals surface area contributed by atoms with E-state index in [1.807, 2.05) is 0 Å². The molecule has 3 saturated heterocycles. The third kappa shape index (κ3) is 2.13. The Morgan fingerprint density at radius 3 is 2.70 bits per heavy atom. The predicted molar refractivity (Wildman–Crippen MR) is 70.8 cm³/mol. The Kier molecular flexibility index (Phi) is 3.52. The molecule has 0 aromatic carbocycles. The Labute approximate surface area is 118 Å². The van der Waals surface area contributed by atoms with Crippen molar-refractivity contribution < 1.29 is 19.4 Å². The van der Waals surface area contributed by atoms with Gasteiger partial charge in [-0.3, -0.25) is 9.59 Å². The number of piperidine rings is 1. The lowest BCUT2D eigenvalue weighted by Gasteiger charge is -2.46. The Morgan fingerprint density at radius 2 is 1.95 bits per heavy atom. The Hall–Kier alpha value is -1.40. The lowest BCUT2D eigenvalue weighted by Crippen LogP contribution is -2.65. The fourth-order valence-corrected chi connectivity index (χ4v) is 3.46. The van der Waals surface area contributed by atoms with Crippen molar-refractivity contribution in [2.75, 3.05) is 19.7 Å². The standard InChI is InChI=1S/C14H20N2O4/c1-2-5-20-10-3-4-15-12(7-10)14(19)16-8-9(17)6-11(16)13(15)18/h2,9-12,17H,1,3-8H2. The number of hydrogen-bond acceptors (Lipinski definition) is 4. The van der Waals surface area contributed by atoms with Crippen LogP contribution in [0.25, 0.3) is 0 Å². The van der Waals surface area contributed by atoms with Crippen molar-refractivity contribution in [3.63, 3.8) is 0 Å². The highest BCUT2D eigenvalue weighted by atomic mass is 16.5. The zero-order valence-corrected chi connectivity index (χ0v) is 11.4. The molecule has 0 bridgehead atoms. The summed E-state index contributed by atoms with van der Waals surface area (Å²) in [5, 5.41) is 9.70. The number of fused-ring (bicyclic) bond motifs is 2. The van der Waals surface area contributed by atoms with Gasteiger partial charge in [0.1, 0.15) is 12.1 Å². The van der Waals surface area contributed by atoms with Crippen LogP contribution in [0.1, 0.15) is 19.3 Å². The predicted octanol–water partition coefficient (Wildman–Crippen LogP) is -0.476. The van der Waals surface area contributed by atoms with Gasteiger partial charge < -0.3 is 19.6 Å². The van der Waals surface area contributed by atoms with Crippen molar-refractivity contribution in [1.29, 1.82) is 0 Å². The van der Waals surface area contributed by atoms with Crippen molar-refractivity contribution in [3.05, 3.63) is 12.7 Å². The fraction of sp³-hybridized carbons (Fsp3) is 0.714. The first-order valence-electron chi connectivity index (χ1n) is 7.13. The van der Waals surface area contributed by atoms with Crippen LogP contribution in [-0.2, 0) is 14.3 Å². The summed E-state index contributed by atoms with van der Waals surface area (Å²) < 4.78 is 5.62.